The van der Waals surface area contributed by atoms with E-state index in [4.69, 9.17) is 5.73 Å². The van der Waals surface area contributed by atoms with E-state index in [-0.39, 0.29) is 18.0 Å². The first kappa shape index (κ1) is 9.68. The molecule has 0 spiro atoms. The average molecular weight is 210 g/mol. The molecule has 2 heterocycles. The smallest absolute Gasteiger partial charge is 0.222 e. The van der Waals surface area contributed by atoms with Gasteiger partial charge in [0.15, 0.2) is 0 Å². The number of likely N-dealkylation sites (tertiary alicyclic amines) is 1. The van der Waals surface area contributed by atoms with Crippen molar-refractivity contribution in [2.24, 2.45) is 5.73 Å². The summed E-state index contributed by atoms with van der Waals surface area (Å²) >= 11 is 1.67. The zero-order chi connectivity index (χ0) is 10.1. The van der Waals surface area contributed by atoms with Crippen LogP contribution in [0, 0.1) is 0 Å². The Balaban J connectivity index is 2.26. The standard InChI is InChI=1S/C10H14N2OS/c1-12-9(13)5-4-7(11)10(12)8-3-2-6-14-8/h2-3,6-7,10H,4-5,11H2,1H3/t7-,10+/m0/s1. The van der Waals surface area contributed by atoms with E-state index < -0.39 is 0 Å². The lowest BCUT2D eigenvalue weighted by Gasteiger charge is -2.36. The number of piperidine rings is 1. The summed E-state index contributed by atoms with van der Waals surface area (Å²) in [6.45, 7) is 0. The summed E-state index contributed by atoms with van der Waals surface area (Å²) in [5.74, 6) is 0.199. The van der Waals surface area contributed by atoms with Crippen LogP contribution < -0.4 is 5.73 Å². The van der Waals surface area contributed by atoms with E-state index in [1.807, 2.05) is 24.6 Å². The van der Waals surface area contributed by atoms with E-state index in [0.29, 0.717) is 6.42 Å². The quantitative estimate of drug-likeness (QED) is 0.761. The molecule has 0 aromatic carbocycles. The summed E-state index contributed by atoms with van der Waals surface area (Å²) in [5, 5.41) is 2.02. The molecule has 1 aromatic heterocycles. The number of carbonyl (C=O) groups excluding carboxylic acids is 1. The van der Waals surface area contributed by atoms with Crippen LogP contribution in [0.3, 0.4) is 0 Å². The lowest BCUT2D eigenvalue weighted by atomic mass is 9.96. The van der Waals surface area contributed by atoms with Crippen molar-refractivity contribution >= 4 is 17.2 Å². The van der Waals surface area contributed by atoms with E-state index in [1.165, 1.54) is 4.88 Å². The van der Waals surface area contributed by atoms with Crippen LogP contribution in [-0.2, 0) is 4.79 Å². The Kier molecular flexibility index (Phi) is 2.56. The molecule has 2 atom stereocenters. The topological polar surface area (TPSA) is 46.3 Å². The normalized spacial score (nSPS) is 28.1. The minimum Gasteiger partial charge on any atom is -0.336 e. The highest BCUT2D eigenvalue weighted by atomic mass is 32.1. The first-order valence-corrected chi connectivity index (χ1v) is 5.63. The molecule has 0 bridgehead atoms. The Morgan fingerprint density at radius 3 is 3.07 bits per heavy atom. The number of hydrogen-bond acceptors (Lipinski definition) is 3. The fraction of sp³-hybridized carbons (Fsp3) is 0.500. The number of hydrogen-bond donors (Lipinski definition) is 1. The first-order chi connectivity index (χ1) is 6.70. The van der Waals surface area contributed by atoms with Gasteiger partial charge in [0, 0.05) is 24.4 Å². The Morgan fingerprint density at radius 1 is 1.64 bits per heavy atom. The second kappa shape index (κ2) is 3.71. The number of likely N-dealkylation sites (N-methyl/N-ethyl adjacent to an activating group) is 1. The SMILES string of the molecule is CN1C(=O)CC[C@H](N)[C@@H]1c1cccs1. The van der Waals surface area contributed by atoms with Gasteiger partial charge >= 0.3 is 0 Å². The van der Waals surface area contributed by atoms with Crippen molar-refractivity contribution in [3.8, 4) is 0 Å². The molecular weight excluding hydrogens is 196 g/mol. The zero-order valence-corrected chi connectivity index (χ0v) is 8.96. The van der Waals surface area contributed by atoms with Gasteiger partial charge in [-0.25, -0.2) is 0 Å². The lowest BCUT2D eigenvalue weighted by molar-refractivity contribution is -0.135. The third-order valence-corrected chi connectivity index (χ3v) is 3.69. The van der Waals surface area contributed by atoms with Crippen LogP contribution >= 0.6 is 11.3 Å². The molecule has 2 N–H and O–H groups in total. The average Bonchev–Trinajstić information content (AvgIpc) is 2.65. The molecule has 1 amide bonds. The van der Waals surface area contributed by atoms with Crippen molar-refractivity contribution < 1.29 is 4.79 Å². The number of carbonyl (C=O) groups is 1. The van der Waals surface area contributed by atoms with Crippen LogP contribution in [0.2, 0.25) is 0 Å². The summed E-state index contributed by atoms with van der Waals surface area (Å²) in [4.78, 5) is 14.5. The van der Waals surface area contributed by atoms with Gasteiger partial charge in [0.05, 0.1) is 6.04 Å². The maximum Gasteiger partial charge on any atom is 0.222 e. The summed E-state index contributed by atoms with van der Waals surface area (Å²) in [5.41, 5.74) is 6.04. The molecule has 1 fully saturated rings. The highest BCUT2D eigenvalue weighted by Crippen LogP contribution is 2.31. The summed E-state index contributed by atoms with van der Waals surface area (Å²) < 4.78 is 0. The van der Waals surface area contributed by atoms with Crippen molar-refractivity contribution in [1.82, 2.24) is 4.90 Å². The third-order valence-electron chi connectivity index (χ3n) is 2.74. The Bertz CT molecular complexity index is 323. The van der Waals surface area contributed by atoms with E-state index in [2.05, 4.69) is 0 Å². The van der Waals surface area contributed by atoms with Gasteiger partial charge in [-0.05, 0) is 17.9 Å². The van der Waals surface area contributed by atoms with Gasteiger partial charge < -0.3 is 10.6 Å². The van der Waals surface area contributed by atoms with Crippen molar-refractivity contribution in [1.29, 1.82) is 0 Å². The number of rotatable bonds is 1. The molecule has 3 nitrogen and oxygen atoms in total. The molecule has 4 heteroatoms. The number of nitrogens with zero attached hydrogens (tertiary/aromatic N) is 1. The van der Waals surface area contributed by atoms with Gasteiger partial charge in [0.2, 0.25) is 5.91 Å². The predicted molar refractivity (Wildman–Crippen MR) is 57.0 cm³/mol. The van der Waals surface area contributed by atoms with Crippen LogP contribution in [0.5, 0.6) is 0 Å². The highest BCUT2D eigenvalue weighted by molar-refractivity contribution is 7.10. The molecule has 1 aliphatic rings. The van der Waals surface area contributed by atoms with Gasteiger partial charge in [-0.3, -0.25) is 4.79 Å². The van der Waals surface area contributed by atoms with Crippen molar-refractivity contribution in [2.75, 3.05) is 7.05 Å². The van der Waals surface area contributed by atoms with E-state index >= 15 is 0 Å². The zero-order valence-electron chi connectivity index (χ0n) is 8.14. The summed E-state index contributed by atoms with van der Waals surface area (Å²) in [7, 11) is 1.84. The molecule has 76 valence electrons. The Labute approximate surface area is 87.5 Å². The minimum absolute atomic E-state index is 0.0799. The molecule has 1 aliphatic heterocycles. The van der Waals surface area contributed by atoms with Gasteiger partial charge in [-0.1, -0.05) is 6.07 Å². The molecule has 1 saturated heterocycles. The Hall–Kier alpha value is -0.870. The second-order valence-electron chi connectivity index (χ2n) is 3.67. The molecular formula is C10H14N2OS. The number of nitrogens with two attached hydrogens (primary N) is 1. The first-order valence-electron chi connectivity index (χ1n) is 4.75. The maximum atomic E-state index is 11.5. The van der Waals surface area contributed by atoms with Crippen LogP contribution in [0.25, 0.3) is 0 Å². The summed E-state index contributed by atoms with van der Waals surface area (Å²) in [6, 6.07) is 4.21. The largest absolute Gasteiger partial charge is 0.336 e. The van der Waals surface area contributed by atoms with Crippen LogP contribution in [0.4, 0.5) is 0 Å². The fourth-order valence-corrected chi connectivity index (χ4v) is 2.87. The molecule has 0 radical (unpaired) electrons. The fourth-order valence-electron chi connectivity index (χ4n) is 1.93. The highest BCUT2D eigenvalue weighted by Gasteiger charge is 2.32. The van der Waals surface area contributed by atoms with Gasteiger partial charge in [0.25, 0.3) is 0 Å². The third kappa shape index (κ3) is 1.55. The van der Waals surface area contributed by atoms with Crippen molar-refractivity contribution in [3.05, 3.63) is 22.4 Å². The summed E-state index contributed by atoms with van der Waals surface area (Å²) in [6.07, 6.45) is 1.38. The molecule has 0 aliphatic carbocycles. The number of thiophene rings is 1. The lowest BCUT2D eigenvalue weighted by Crippen LogP contribution is -2.46. The van der Waals surface area contributed by atoms with Crippen LogP contribution in [0.15, 0.2) is 17.5 Å². The molecule has 0 saturated carbocycles. The molecule has 14 heavy (non-hydrogen) atoms. The van der Waals surface area contributed by atoms with Crippen molar-refractivity contribution in [3.63, 3.8) is 0 Å². The minimum atomic E-state index is 0.0799. The van der Waals surface area contributed by atoms with E-state index in [1.54, 1.807) is 16.2 Å². The van der Waals surface area contributed by atoms with Gasteiger partial charge in [-0.15, -0.1) is 11.3 Å². The predicted octanol–water partition coefficient (Wildman–Crippen LogP) is 1.37. The molecule has 0 unspecified atom stereocenters. The van der Waals surface area contributed by atoms with Gasteiger partial charge in [-0.2, -0.15) is 0 Å². The van der Waals surface area contributed by atoms with Crippen LogP contribution in [-0.4, -0.2) is 23.9 Å². The Morgan fingerprint density at radius 2 is 2.43 bits per heavy atom. The monoisotopic (exact) mass is 210 g/mol. The van der Waals surface area contributed by atoms with E-state index in [9.17, 15) is 4.79 Å². The van der Waals surface area contributed by atoms with Crippen LogP contribution in [0.1, 0.15) is 23.8 Å². The van der Waals surface area contributed by atoms with E-state index in [0.717, 1.165) is 6.42 Å². The maximum absolute atomic E-state index is 11.5. The number of amides is 1. The van der Waals surface area contributed by atoms with Gasteiger partial charge in [0.1, 0.15) is 0 Å². The van der Waals surface area contributed by atoms with Crippen molar-refractivity contribution in [2.45, 2.75) is 24.9 Å². The molecule has 1 aromatic rings. The molecule has 2 rings (SSSR count). The second-order valence-corrected chi connectivity index (χ2v) is 4.65.